The van der Waals surface area contributed by atoms with Crippen molar-refractivity contribution in [1.82, 2.24) is 4.98 Å². The Kier molecular flexibility index (Phi) is 7.01. The Morgan fingerprint density at radius 3 is 2.78 bits per heavy atom. The number of halogens is 1. The minimum absolute atomic E-state index is 0.247. The van der Waals surface area contributed by atoms with E-state index < -0.39 is 0 Å². The molecule has 0 aliphatic carbocycles. The Hall–Kier alpha value is -0.840. The van der Waals surface area contributed by atoms with Crippen LogP contribution in [0.25, 0.3) is 0 Å². The summed E-state index contributed by atoms with van der Waals surface area (Å²) in [5, 5.41) is 0. The van der Waals surface area contributed by atoms with Gasteiger partial charge in [0.05, 0.1) is 25.1 Å². The third kappa shape index (κ3) is 4.12. The summed E-state index contributed by atoms with van der Waals surface area (Å²) in [7, 11) is 3.40. The number of nitrogens with zero attached hydrogens (tertiary/aromatic N) is 2. The monoisotopic (exact) mass is 272 g/mol. The Labute approximate surface area is 114 Å². The summed E-state index contributed by atoms with van der Waals surface area (Å²) in [5.74, 6) is 0.473. The van der Waals surface area contributed by atoms with Crippen molar-refractivity contribution in [1.29, 1.82) is 0 Å². The first-order chi connectivity index (χ1) is 8.74. The highest BCUT2D eigenvalue weighted by Gasteiger charge is 2.17. The van der Waals surface area contributed by atoms with E-state index >= 15 is 0 Å². The van der Waals surface area contributed by atoms with E-state index in [0.717, 1.165) is 17.8 Å². The van der Waals surface area contributed by atoms with Gasteiger partial charge in [-0.2, -0.15) is 0 Å². The van der Waals surface area contributed by atoms with Crippen LogP contribution < -0.4 is 4.90 Å². The molecule has 1 unspecified atom stereocenters. The van der Waals surface area contributed by atoms with Gasteiger partial charge in [0, 0.05) is 38.9 Å². The standard InChI is InChI=1S/C13H21ClN2O2/c1-11(10-18-3)16(6-7-17-2)13-9-15-5-4-12(13)8-14/h4-5,9,11H,6-8,10H2,1-3H3. The molecule has 0 aliphatic heterocycles. The van der Waals surface area contributed by atoms with Crippen molar-refractivity contribution >= 4 is 17.3 Å². The fourth-order valence-corrected chi connectivity index (χ4v) is 2.11. The number of aromatic nitrogens is 1. The van der Waals surface area contributed by atoms with E-state index in [0.29, 0.717) is 19.1 Å². The number of ether oxygens (including phenoxy) is 2. The first kappa shape index (κ1) is 15.2. The fraction of sp³-hybridized carbons (Fsp3) is 0.615. The molecule has 1 aromatic rings. The van der Waals surface area contributed by atoms with Gasteiger partial charge in [-0.25, -0.2) is 0 Å². The number of methoxy groups -OCH3 is 2. The van der Waals surface area contributed by atoms with Crippen molar-refractivity contribution in [3.63, 3.8) is 0 Å². The molecule has 0 aliphatic rings. The van der Waals surface area contributed by atoms with Crippen molar-refractivity contribution in [2.45, 2.75) is 18.8 Å². The molecule has 0 fully saturated rings. The lowest BCUT2D eigenvalue weighted by Crippen LogP contribution is -2.39. The van der Waals surface area contributed by atoms with Gasteiger partial charge in [-0.05, 0) is 18.6 Å². The number of hydrogen-bond donors (Lipinski definition) is 0. The molecule has 1 aromatic heterocycles. The van der Waals surface area contributed by atoms with Crippen LogP contribution >= 0.6 is 11.6 Å². The molecule has 0 aromatic carbocycles. The molecule has 102 valence electrons. The SMILES string of the molecule is COCCN(c1cnccc1CCl)C(C)COC. The van der Waals surface area contributed by atoms with Gasteiger partial charge < -0.3 is 14.4 Å². The first-order valence-electron chi connectivity index (χ1n) is 5.98. The van der Waals surface area contributed by atoms with E-state index in [9.17, 15) is 0 Å². The molecule has 4 nitrogen and oxygen atoms in total. The number of pyridine rings is 1. The van der Waals surface area contributed by atoms with Crippen LogP contribution in [0.4, 0.5) is 5.69 Å². The van der Waals surface area contributed by atoms with Gasteiger partial charge in [-0.3, -0.25) is 4.98 Å². The topological polar surface area (TPSA) is 34.6 Å². The molecule has 18 heavy (non-hydrogen) atoms. The van der Waals surface area contributed by atoms with E-state index in [2.05, 4.69) is 16.8 Å². The van der Waals surface area contributed by atoms with Crippen LogP contribution in [0.15, 0.2) is 18.5 Å². The van der Waals surface area contributed by atoms with E-state index in [1.165, 1.54) is 0 Å². The van der Waals surface area contributed by atoms with Gasteiger partial charge in [0.25, 0.3) is 0 Å². The maximum atomic E-state index is 5.97. The van der Waals surface area contributed by atoms with Crippen molar-refractivity contribution in [2.24, 2.45) is 0 Å². The van der Waals surface area contributed by atoms with Crippen molar-refractivity contribution in [3.8, 4) is 0 Å². The average molecular weight is 273 g/mol. The Morgan fingerprint density at radius 2 is 2.17 bits per heavy atom. The van der Waals surface area contributed by atoms with Crippen molar-refractivity contribution in [3.05, 3.63) is 24.0 Å². The maximum Gasteiger partial charge on any atom is 0.0663 e. The van der Waals surface area contributed by atoms with Crippen LogP contribution in [-0.2, 0) is 15.4 Å². The summed E-state index contributed by atoms with van der Waals surface area (Å²) < 4.78 is 10.4. The molecule has 0 saturated heterocycles. The second kappa shape index (κ2) is 8.29. The zero-order valence-corrected chi connectivity index (χ0v) is 12.0. The zero-order valence-electron chi connectivity index (χ0n) is 11.2. The van der Waals surface area contributed by atoms with Gasteiger partial charge >= 0.3 is 0 Å². The summed E-state index contributed by atoms with van der Waals surface area (Å²) in [6.45, 7) is 4.21. The largest absolute Gasteiger partial charge is 0.383 e. The summed E-state index contributed by atoms with van der Waals surface area (Å²) in [6, 6.07) is 2.19. The minimum atomic E-state index is 0.247. The van der Waals surface area contributed by atoms with Gasteiger partial charge in [-0.1, -0.05) is 0 Å². The zero-order chi connectivity index (χ0) is 13.4. The van der Waals surface area contributed by atoms with E-state index in [4.69, 9.17) is 21.1 Å². The number of alkyl halides is 1. The average Bonchev–Trinajstić information content (AvgIpc) is 2.40. The van der Waals surface area contributed by atoms with Crippen LogP contribution in [0.3, 0.4) is 0 Å². The molecule has 1 rings (SSSR count). The third-order valence-corrected chi connectivity index (χ3v) is 3.11. The van der Waals surface area contributed by atoms with Gasteiger partial charge in [0.1, 0.15) is 0 Å². The molecule has 1 heterocycles. The number of anilines is 1. The molecular weight excluding hydrogens is 252 g/mol. The Morgan fingerprint density at radius 1 is 1.39 bits per heavy atom. The maximum absolute atomic E-state index is 5.97. The smallest absolute Gasteiger partial charge is 0.0663 e. The molecule has 0 amide bonds. The second-order valence-electron chi connectivity index (χ2n) is 4.13. The molecule has 0 bridgehead atoms. The molecule has 0 spiro atoms. The summed E-state index contributed by atoms with van der Waals surface area (Å²) in [4.78, 5) is 6.40. The highest BCUT2D eigenvalue weighted by Crippen LogP contribution is 2.22. The minimum Gasteiger partial charge on any atom is -0.383 e. The summed E-state index contributed by atoms with van der Waals surface area (Å²) in [6.07, 6.45) is 3.61. The van der Waals surface area contributed by atoms with Crippen LogP contribution in [-0.4, -0.2) is 45.0 Å². The van der Waals surface area contributed by atoms with Gasteiger partial charge in [-0.15, -0.1) is 11.6 Å². The number of rotatable bonds is 8. The lowest BCUT2D eigenvalue weighted by molar-refractivity contribution is 0.171. The molecule has 0 radical (unpaired) electrons. The highest BCUT2D eigenvalue weighted by atomic mass is 35.5. The Balaban J connectivity index is 2.92. The van der Waals surface area contributed by atoms with Crippen LogP contribution in [0.2, 0.25) is 0 Å². The lowest BCUT2D eigenvalue weighted by Gasteiger charge is -2.31. The molecule has 1 atom stereocenters. The first-order valence-corrected chi connectivity index (χ1v) is 6.51. The summed E-state index contributed by atoms with van der Waals surface area (Å²) in [5.41, 5.74) is 2.12. The predicted octanol–water partition coefficient (Wildman–Crippen LogP) is 2.31. The number of hydrogen-bond acceptors (Lipinski definition) is 4. The molecule has 0 saturated carbocycles. The fourth-order valence-electron chi connectivity index (χ4n) is 1.89. The quantitative estimate of drug-likeness (QED) is 0.680. The molecule has 0 N–H and O–H groups in total. The van der Waals surface area contributed by atoms with Crippen LogP contribution in [0.1, 0.15) is 12.5 Å². The van der Waals surface area contributed by atoms with Crippen LogP contribution in [0, 0.1) is 0 Å². The normalized spacial score (nSPS) is 12.4. The summed E-state index contributed by atoms with van der Waals surface area (Å²) >= 11 is 5.97. The third-order valence-electron chi connectivity index (χ3n) is 2.82. The van der Waals surface area contributed by atoms with E-state index in [1.807, 2.05) is 12.3 Å². The molecular formula is C13H21ClN2O2. The van der Waals surface area contributed by atoms with Crippen molar-refractivity contribution < 1.29 is 9.47 Å². The lowest BCUT2D eigenvalue weighted by atomic mass is 10.2. The van der Waals surface area contributed by atoms with Crippen LogP contribution in [0.5, 0.6) is 0 Å². The Bertz CT molecular complexity index is 350. The van der Waals surface area contributed by atoms with E-state index in [-0.39, 0.29) is 6.04 Å². The second-order valence-corrected chi connectivity index (χ2v) is 4.40. The highest BCUT2D eigenvalue weighted by molar-refractivity contribution is 6.17. The van der Waals surface area contributed by atoms with Gasteiger partial charge in [0.2, 0.25) is 0 Å². The van der Waals surface area contributed by atoms with Crippen molar-refractivity contribution in [2.75, 3.05) is 38.9 Å². The van der Waals surface area contributed by atoms with Gasteiger partial charge in [0.15, 0.2) is 0 Å². The predicted molar refractivity (Wildman–Crippen MR) is 74.4 cm³/mol. The molecule has 5 heteroatoms. The van der Waals surface area contributed by atoms with E-state index in [1.54, 1.807) is 20.4 Å².